The zero-order chi connectivity index (χ0) is 21.7. The predicted octanol–water partition coefficient (Wildman–Crippen LogP) is 2.15. The molecule has 2 aromatic rings. The molecular weight excluding hydrogens is 420 g/mol. The van der Waals surface area contributed by atoms with Gasteiger partial charge in [-0.05, 0) is 30.7 Å². The number of fused-ring (bicyclic) bond motifs is 1. The van der Waals surface area contributed by atoms with Gasteiger partial charge >= 0.3 is 0 Å². The minimum atomic E-state index is -3.66. The minimum Gasteiger partial charge on any atom is -0.494 e. The number of benzene rings is 2. The fourth-order valence-electron chi connectivity index (χ4n) is 3.60. The summed E-state index contributed by atoms with van der Waals surface area (Å²) in [4.78, 5) is 14.4. The Kier molecular flexibility index (Phi) is 6.62. The fourth-order valence-corrected chi connectivity index (χ4v) is 5.04. The van der Waals surface area contributed by atoms with Crippen LogP contribution in [0.4, 0.5) is 0 Å². The highest BCUT2D eigenvalue weighted by molar-refractivity contribution is 7.89. The number of carbonyl (C=O) groups is 1. The summed E-state index contributed by atoms with van der Waals surface area (Å²) >= 11 is 0. The standard InChI is InChI=1S/C22H26N2O6S/c25-22(7-4-14-28-18-5-2-1-3-6-18)23-10-12-24(13-11-23)31(26,27)19-8-9-20-21(17-19)30-16-15-29-20/h1-3,5-6,8-9,17H,4,7,10-16H2. The summed E-state index contributed by atoms with van der Waals surface area (Å²) in [6, 6.07) is 14.1. The van der Waals surface area contributed by atoms with E-state index in [2.05, 4.69) is 0 Å². The maximum atomic E-state index is 13.0. The number of ether oxygens (including phenoxy) is 3. The molecule has 8 nitrogen and oxygen atoms in total. The molecule has 0 radical (unpaired) electrons. The van der Waals surface area contributed by atoms with Crippen LogP contribution in [0.25, 0.3) is 0 Å². The van der Waals surface area contributed by atoms with Crippen LogP contribution < -0.4 is 14.2 Å². The van der Waals surface area contributed by atoms with E-state index in [1.807, 2.05) is 30.3 Å². The van der Waals surface area contributed by atoms with Crippen LogP contribution in [-0.2, 0) is 14.8 Å². The van der Waals surface area contributed by atoms with E-state index in [-0.39, 0.29) is 23.9 Å². The van der Waals surface area contributed by atoms with E-state index in [1.165, 1.54) is 16.4 Å². The molecule has 0 unspecified atom stereocenters. The molecule has 0 saturated carbocycles. The molecule has 2 aliphatic heterocycles. The third-order valence-corrected chi connectivity index (χ3v) is 7.18. The molecule has 166 valence electrons. The summed E-state index contributed by atoms with van der Waals surface area (Å²) in [6.07, 6.45) is 0.991. The molecule has 4 rings (SSSR count). The van der Waals surface area contributed by atoms with Crippen LogP contribution in [0.15, 0.2) is 53.4 Å². The van der Waals surface area contributed by atoms with Gasteiger partial charge in [0.05, 0.1) is 11.5 Å². The van der Waals surface area contributed by atoms with Gasteiger partial charge in [0.2, 0.25) is 15.9 Å². The van der Waals surface area contributed by atoms with Crippen LogP contribution in [-0.4, -0.2) is 69.5 Å². The zero-order valence-corrected chi connectivity index (χ0v) is 18.1. The largest absolute Gasteiger partial charge is 0.494 e. The van der Waals surface area contributed by atoms with Crippen molar-refractivity contribution in [1.29, 1.82) is 0 Å². The first-order valence-corrected chi connectivity index (χ1v) is 11.8. The van der Waals surface area contributed by atoms with E-state index >= 15 is 0 Å². The summed E-state index contributed by atoms with van der Waals surface area (Å²) < 4.78 is 44.0. The van der Waals surface area contributed by atoms with E-state index in [0.29, 0.717) is 57.3 Å². The van der Waals surface area contributed by atoms with Gasteiger partial charge in [0, 0.05) is 38.7 Å². The molecule has 2 heterocycles. The van der Waals surface area contributed by atoms with Crippen molar-refractivity contribution in [3.63, 3.8) is 0 Å². The number of piperazine rings is 1. The molecule has 31 heavy (non-hydrogen) atoms. The summed E-state index contributed by atoms with van der Waals surface area (Å²) in [5, 5.41) is 0. The monoisotopic (exact) mass is 446 g/mol. The molecule has 1 fully saturated rings. The van der Waals surface area contributed by atoms with Crippen LogP contribution in [0.3, 0.4) is 0 Å². The zero-order valence-electron chi connectivity index (χ0n) is 17.2. The molecule has 0 aliphatic carbocycles. The number of carbonyl (C=O) groups excluding carboxylic acids is 1. The molecule has 0 N–H and O–H groups in total. The van der Waals surface area contributed by atoms with Gasteiger partial charge in [-0.1, -0.05) is 18.2 Å². The first-order valence-electron chi connectivity index (χ1n) is 10.4. The second kappa shape index (κ2) is 9.57. The number of hydrogen-bond donors (Lipinski definition) is 0. The lowest BCUT2D eigenvalue weighted by molar-refractivity contribution is -0.132. The Morgan fingerprint density at radius 1 is 0.935 bits per heavy atom. The number of hydrogen-bond acceptors (Lipinski definition) is 6. The SMILES string of the molecule is O=C(CCCOc1ccccc1)N1CCN(S(=O)(=O)c2ccc3c(c2)OCCO3)CC1. The number of rotatable bonds is 7. The van der Waals surface area contributed by atoms with Crippen LogP contribution in [0.1, 0.15) is 12.8 Å². The van der Waals surface area contributed by atoms with Gasteiger partial charge in [-0.2, -0.15) is 4.31 Å². The van der Waals surface area contributed by atoms with E-state index in [4.69, 9.17) is 14.2 Å². The molecule has 2 aromatic carbocycles. The van der Waals surface area contributed by atoms with E-state index in [1.54, 1.807) is 11.0 Å². The summed E-state index contributed by atoms with van der Waals surface area (Å²) in [5.41, 5.74) is 0. The van der Waals surface area contributed by atoms with Crippen LogP contribution >= 0.6 is 0 Å². The Hall–Kier alpha value is -2.78. The molecule has 1 saturated heterocycles. The van der Waals surface area contributed by atoms with Crippen molar-refractivity contribution in [3.8, 4) is 17.2 Å². The highest BCUT2D eigenvalue weighted by Gasteiger charge is 2.31. The molecule has 0 bridgehead atoms. The number of amides is 1. The van der Waals surface area contributed by atoms with Gasteiger partial charge in [-0.15, -0.1) is 0 Å². The van der Waals surface area contributed by atoms with Crippen molar-refractivity contribution in [2.24, 2.45) is 0 Å². The second-order valence-electron chi connectivity index (χ2n) is 7.36. The van der Waals surface area contributed by atoms with Gasteiger partial charge in [-0.3, -0.25) is 4.79 Å². The van der Waals surface area contributed by atoms with Crippen molar-refractivity contribution < 1.29 is 27.4 Å². The number of para-hydroxylation sites is 1. The first kappa shape index (κ1) is 21.5. The Morgan fingerprint density at radius 2 is 1.65 bits per heavy atom. The summed E-state index contributed by atoms with van der Waals surface area (Å²) in [5.74, 6) is 1.80. The topological polar surface area (TPSA) is 85.4 Å². The second-order valence-corrected chi connectivity index (χ2v) is 9.29. The number of nitrogens with zero attached hydrogens (tertiary/aromatic N) is 2. The van der Waals surface area contributed by atoms with Crippen LogP contribution in [0.5, 0.6) is 17.2 Å². The van der Waals surface area contributed by atoms with Crippen LogP contribution in [0, 0.1) is 0 Å². The van der Waals surface area contributed by atoms with Crippen molar-refractivity contribution in [2.75, 3.05) is 46.0 Å². The van der Waals surface area contributed by atoms with Gasteiger partial charge in [-0.25, -0.2) is 8.42 Å². The average molecular weight is 447 g/mol. The van der Waals surface area contributed by atoms with E-state index in [0.717, 1.165) is 5.75 Å². The Bertz CT molecular complexity index is 1000. The van der Waals surface area contributed by atoms with Gasteiger partial charge in [0.25, 0.3) is 0 Å². The van der Waals surface area contributed by atoms with E-state index < -0.39 is 10.0 Å². The first-order chi connectivity index (χ1) is 15.0. The molecule has 2 aliphatic rings. The average Bonchev–Trinajstić information content (AvgIpc) is 2.82. The van der Waals surface area contributed by atoms with Crippen molar-refractivity contribution >= 4 is 15.9 Å². The highest BCUT2D eigenvalue weighted by atomic mass is 32.2. The maximum Gasteiger partial charge on any atom is 0.243 e. The normalized spacial score (nSPS) is 16.7. The molecule has 0 aromatic heterocycles. The smallest absolute Gasteiger partial charge is 0.243 e. The van der Waals surface area contributed by atoms with Crippen molar-refractivity contribution in [1.82, 2.24) is 9.21 Å². The lowest BCUT2D eigenvalue weighted by atomic mass is 10.2. The van der Waals surface area contributed by atoms with Crippen molar-refractivity contribution in [3.05, 3.63) is 48.5 Å². The Balaban J connectivity index is 1.26. The van der Waals surface area contributed by atoms with Gasteiger partial charge in [0.1, 0.15) is 19.0 Å². The summed E-state index contributed by atoms with van der Waals surface area (Å²) in [6.45, 7) is 2.60. The van der Waals surface area contributed by atoms with Gasteiger partial charge in [0.15, 0.2) is 11.5 Å². The minimum absolute atomic E-state index is 0.0213. The highest BCUT2D eigenvalue weighted by Crippen LogP contribution is 2.33. The Morgan fingerprint density at radius 3 is 2.39 bits per heavy atom. The third-order valence-electron chi connectivity index (χ3n) is 5.29. The Labute approximate surface area is 182 Å². The lowest BCUT2D eigenvalue weighted by Gasteiger charge is -2.34. The number of sulfonamides is 1. The lowest BCUT2D eigenvalue weighted by Crippen LogP contribution is -2.50. The van der Waals surface area contributed by atoms with Crippen LogP contribution in [0.2, 0.25) is 0 Å². The van der Waals surface area contributed by atoms with Gasteiger partial charge < -0.3 is 19.1 Å². The molecule has 1 amide bonds. The molecule has 0 atom stereocenters. The predicted molar refractivity (Wildman–Crippen MR) is 114 cm³/mol. The quantitative estimate of drug-likeness (QED) is 0.606. The molecular formula is C22H26N2O6S. The molecule has 9 heteroatoms. The fraction of sp³-hybridized carbons (Fsp3) is 0.409. The van der Waals surface area contributed by atoms with E-state index in [9.17, 15) is 13.2 Å². The third kappa shape index (κ3) is 5.11. The summed E-state index contributed by atoms with van der Waals surface area (Å²) in [7, 11) is -3.66. The van der Waals surface area contributed by atoms with Crippen molar-refractivity contribution in [2.45, 2.75) is 17.7 Å². The molecule has 0 spiro atoms. The maximum absolute atomic E-state index is 13.0.